The number of aromatic carboxylic acids is 1. The standard InChI is InChI=1S/C20H22N2O7/c1-26-13-8-7-11(18(27-2)19(13)28-3)14-12(9-21-29-4)22-16(20(24)25)15(14)17(23)10-5-6-10/h7-10,22H,5-6H2,1-4H3,(H,24,25). The molecule has 0 saturated heterocycles. The maximum absolute atomic E-state index is 13.0. The van der Waals surface area contributed by atoms with Crippen LogP contribution in [0.3, 0.4) is 0 Å². The highest BCUT2D eigenvalue weighted by Gasteiger charge is 2.37. The Morgan fingerprint density at radius 3 is 2.31 bits per heavy atom. The molecule has 0 amide bonds. The van der Waals surface area contributed by atoms with Gasteiger partial charge in [0.2, 0.25) is 5.75 Å². The summed E-state index contributed by atoms with van der Waals surface area (Å²) in [5.41, 5.74) is 1.02. The monoisotopic (exact) mass is 402 g/mol. The van der Waals surface area contributed by atoms with E-state index in [0.29, 0.717) is 34.1 Å². The van der Waals surface area contributed by atoms with Crippen molar-refractivity contribution >= 4 is 18.0 Å². The molecular weight excluding hydrogens is 380 g/mol. The van der Waals surface area contributed by atoms with Crippen LogP contribution in [0, 0.1) is 5.92 Å². The van der Waals surface area contributed by atoms with E-state index in [1.807, 2.05) is 0 Å². The molecule has 0 aliphatic heterocycles. The zero-order valence-corrected chi connectivity index (χ0v) is 16.6. The topological polar surface area (TPSA) is 119 Å². The smallest absolute Gasteiger partial charge is 0.353 e. The Morgan fingerprint density at radius 1 is 1.10 bits per heavy atom. The maximum Gasteiger partial charge on any atom is 0.353 e. The number of hydrogen-bond donors (Lipinski definition) is 2. The molecule has 1 aliphatic rings. The molecule has 9 nitrogen and oxygen atoms in total. The summed E-state index contributed by atoms with van der Waals surface area (Å²) in [6.45, 7) is 0. The van der Waals surface area contributed by atoms with Crippen LogP contribution < -0.4 is 14.2 Å². The number of Topliss-reactive ketones (excluding diaryl/α,β-unsaturated/α-hetero) is 1. The Bertz CT molecular complexity index is 974. The number of aromatic amines is 1. The Kier molecular flexibility index (Phi) is 5.76. The van der Waals surface area contributed by atoms with Crippen LogP contribution >= 0.6 is 0 Å². The average molecular weight is 402 g/mol. The minimum atomic E-state index is -1.24. The number of benzene rings is 1. The molecule has 0 bridgehead atoms. The SMILES string of the molecule is CON=Cc1[nH]c(C(=O)O)c(C(=O)C2CC2)c1-c1ccc(OC)c(OC)c1OC. The summed E-state index contributed by atoms with van der Waals surface area (Å²) in [5.74, 6) is -0.607. The van der Waals surface area contributed by atoms with Gasteiger partial charge in [-0.05, 0) is 25.0 Å². The van der Waals surface area contributed by atoms with E-state index >= 15 is 0 Å². The summed E-state index contributed by atoms with van der Waals surface area (Å²) in [7, 11) is 5.78. The maximum atomic E-state index is 13.0. The molecular formula is C20H22N2O7. The summed E-state index contributed by atoms with van der Waals surface area (Å²) < 4.78 is 16.3. The molecule has 0 spiro atoms. The molecule has 1 saturated carbocycles. The van der Waals surface area contributed by atoms with Gasteiger partial charge in [0.25, 0.3) is 0 Å². The molecule has 1 aliphatic carbocycles. The fourth-order valence-corrected chi connectivity index (χ4v) is 3.26. The van der Waals surface area contributed by atoms with Gasteiger partial charge in [0.15, 0.2) is 17.3 Å². The molecule has 0 unspecified atom stereocenters. The third-order valence-corrected chi connectivity index (χ3v) is 4.70. The van der Waals surface area contributed by atoms with E-state index in [1.165, 1.54) is 34.7 Å². The number of carbonyl (C=O) groups excluding carboxylic acids is 1. The predicted molar refractivity (Wildman–Crippen MR) is 105 cm³/mol. The second-order valence-electron chi connectivity index (χ2n) is 6.41. The number of methoxy groups -OCH3 is 3. The molecule has 154 valence electrons. The summed E-state index contributed by atoms with van der Waals surface area (Å²) in [5, 5.41) is 13.4. The molecule has 1 aromatic heterocycles. The largest absolute Gasteiger partial charge is 0.493 e. The lowest BCUT2D eigenvalue weighted by Gasteiger charge is -2.16. The van der Waals surface area contributed by atoms with Crippen molar-refractivity contribution in [3.8, 4) is 28.4 Å². The van der Waals surface area contributed by atoms with Crippen LogP contribution in [0.1, 0.15) is 39.4 Å². The number of oxime groups is 1. The van der Waals surface area contributed by atoms with Gasteiger partial charge in [-0.2, -0.15) is 0 Å². The van der Waals surface area contributed by atoms with E-state index in [4.69, 9.17) is 19.0 Å². The van der Waals surface area contributed by atoms with E-state index in [0.717, 1.165) is 12.8 Å². The lowest BCUT2D eigenvalue weighted by Crippen LogP contribution is -2.10. The first-order valence-electron chi connectivity index (χ1n) is 8.87. The van der Waals surface area contributed by atoms with Gasteiger partial charge in [-0.1, -0.05) is 5.16 Å². The van der Waals surface area contributed by atoms with Gasteiger partial charge in [0.05, 0.1) is 38.8 Å². The van der Waals surface area contributed by atoms with Crippen LogP contribution in [-0.2, 0) is 4.84 Å². The Hall–Kier alpha value is -3.49. The van der Waals surface area contributed by atoms with Crippen LogP contribution in [0.4, 0.5) is 0 Å². The number of hydrogen-bond acceptors (Lipinski definition) is 7. The molecule has 1 heterocycles. The fourth-order valence-electron chi connectivity index (χ4n) is 3.26. The van der Waals surface area contributed by atoms with Gasteiger partial charge >= 0.3 is 5.97 Å². The first-order valence-corrected chi connectivity index (χ1v) is 8.87. The lowest BCUT2D eigenvalue weighted by molar-refractivity contribution is 0.0686. The van der Waals surface area contributed by atoms with Crippen LogP contribution in [0.5, 0.6) is 17.2 Å². The summed E-state index contributed by atoms with van der Waals surface area (Å²) >= 11 is 0. The minimum absolute atomic E-state index is 0.0862. The van der Waals surface area contributed by atoms with E-state index in [-0.39, 0.29) is 23.0 Å². The highest BCUT2D eigenvalue weighted by molar-refractivity contribution is 6.15. The van der Waals surface area contributed by atoms with Crippen molar-refractivity contribution in [2.75, 3.05) is 28.4 Å². The number of nitrogens with one attached hydrogen (secondary N) is 1. The van der Waals surface area contributed by atoms with Crippen molar-refractivity contribution in [1.82, 2.24) is 4.98 Å². The first-order chi connectivity index (χ1) is 14.0. The third kappa shape index (κ3) is 3.63. The number of carboxylic acids is 1. The van der Waals surface area contributed by atoms with E-state index in [2.05, 4.69) is 10.1 Å². The van der Waals surface area contributed by atoms with Gasteiger partial charge in [-0.15, -0.1) is 0 Å². The number of H-pyrrole nitrogens is 1. The Balaban J connectivity index is 2.37. The molecule has 2 N–H and O–H groups in total. The van der Waals surface area contributed by atoms with Crippen molar-refractivity contribution < 1.29 is 33.7 Å². The zero-order chi connectivity index (χ0) is 21.1. The highest BCUT2D eigenvalue weighted by Crippen LogP contribution is 2.47. The summed E-state index contributed by atoms with van der Waals surface area (Å²) in [6.07, 6.45) is 2.78. The van der Waals surface area contributed by atoms with Gasteiger partial charge < -0.3 is 29.1 Å². The molecule has 2 aromatic rings. The Morgan fingerprint density at radius 2 is 1.79 bits per heavy atom. The molecule has 9 heteroatoms. The molecule has 29 heavy (non-hydrogen) atoms. The molecule has 3 rings (SSSR count). The number of ketones is 1. The van der Waals surface area contributed by atoms with Gasteiger partial charge in [0, 0.05) is 17.0 Å². The summed E-state index contributed by atoms with van der Waals surface area (Å²) in [4.78, 5) is 32.5. The number of rotatable bonds is 9. The lowest BCUT2D eigenvalue weighted by atomic mass is 9.94. The van der Waals surface area contributed by atoms with Crippen LogP contribution in [0.25, 0.3) is 11.1 Å². The van der Waals surface area contributed by atoms with Crippen molar-refractivity contribution in [2.45, 2.75) is 12.8 Å². The quantitative estimate of drug-likeness (QED) is 0.376. The van der Waals surface area contributed by atoms with Crippen molar-refractivity contribution in [2.24, 2.45) is 11.1 Å². The van der Waals surface area contributed by atoms with Crippen molar-refractivity contribution in [3.05, 3.63) is 29.1 Å². The van der Waals surface area contributed by atoms with Crippen molar-refractivity contribution in [1.29, 1.82) is 0 Å². The average Bonchev–Trinajstić information content (AvgIpc) is 3.50. The number of carboxylic acid groups (broad SMARTS) is 1. The van der Waals surface area contributed by atoms with E-state index in [1.54, 1.807) is 12.1 Å². The zero-order valence-electron chi connectivity index (χ0n) is 16.6. The summed E-state index contributed by atoms with van der Waals surface area (Å²) in [6, 6.07) is 3.34. The molecule has 0 atom stereocenters. The van der Waals surface area contributed by atoms with Crippen molar-refractivity contribution in [3.63, 3.8) is 0 Å². The normalized spacial score (nSPS) is 13.4. The van der Waals surface area contributed by atoms with Gasteiger partial charge in [-0.25, -0.2) is 4.79 Å². The number of nitrogens with zero attached hydrogens (tertiary/aromatic N) is 1. The van der Waals surface area contributed by atoms with Crippen LogP contribution in [0.2, 0.25) is 0 Å². The van der Waals surface area contributed by atoms with Crippen LogP contribution in [0.15, 0.2) is 17.3 Å². The minimum Gasteiger partial charge on any atom is -0.493 e. The van der Waals surface area contributed by atoms with Gasteiger partial charge in [-0.3, -0.25) is 4.79 Å². The third-order valence-electron chi connectivity index (χ3n) is 4.70. The molecule has 0 radical (unpaired) electrons. The Labute approximate surface area is 167 Å². The highest BCUT2D eigenvalue weighted by atomic mass is 16.6. The first kappa shape index (κ1) is 20.2. The number of aromatic nitrogens is 1. The number of ether oxygens (including phenoxy) is 3. The number of carbonyl (C=O) groups is 2. The van der Waals surface area contributed by atoms with E-state index in [9.17, 15) is 14.7 Å². The second-order valence-corrected chi connectivity index (χ2v) is 6.41. The molecule has 1 aromatic carbocycles. The molecule has 1 fully saturated rings. The van der Waals surface area contributed by atoms with E-state index < -0.39 is 5.97 Å². The fraction of sp³-hybridized carbons (Fsp3) is 0.350. The van der Waals surface area contributed by atoms with Crippen LogP contribution in [-0.4, -0.2) is 56.5 Å². The predicted octanol–water partition coefficient (Wildman–Crippen LogP) is 2.98. The second kappa shape index (κ2) is 8.26. The van der Waals surface area contributed by atoms with Gasteiger partial charge in [0.1, 0.15) is 12.8 Å².